The summed E-state index contributed by atoms with van der Waals surface area (Å²) < 4.78 is 4.86. The lowest BCUT2D eigenvalue weighted by Gasteiger charge is -2.29. The first kappa shape index (κ1) is 34.6. The van der Waals surface area contributed by atoms with Gasteiger partial charge in [-0.2, -0.15) is 0 Å². The van der Waals surface area contributed by atoms with Crippen molar-refractivity contribution in [1.82, 2.24) is 18.8 Å². The summed E-state index contributed by atoms with van der Waals surface area (Å²) >= 11 is 0. The Morgan fingerprint density at radius 1 is 0.410 bits per heavy atom. The number of fused-ring (bicyclic) bond motifs is 16. The first-order valence-electron chi connectivity index (χ1n) is 21.4. The van der Waals surface area contributed by atoms with Crippen LogP contribution in [0.3, 0.4) is 0 Å². The van der Waals surface area contributed by atoms with Gasteiger partial charge in [0.2, 0.25) is 0 Å². The molecule has 0 saturated carbocycles. The highest BCUT2D eigenvalue weighted by atomic mass is 15.2. The Balaban J connectivity index is 1.27. The van der Waals surface area contributed by atoms with Gasteiger partial charge in [-0.05, 0) is 104 Å². The molecule has 0 amide bonds. The Morgan fingerprint density at radius 3 is 1.56 bits per heavy atom. The summed E-state index contributed by atoms with van der Waals surface area (Å²) in [5, 5.41) is 12.2. The molecule has 0 spiro atoms. The minimum atomic E-state index is -0.114. The Hall–Kier alpha value is -7.24. The van der Waals surface area contributed by atoms with Crippen molar-refractivity contribution in [1.29, 1.82) is 0 Å². The molecule has 0 atom stereocenters. The number of anilines is 3. The molecule has 0 fully saturated rings. The van der Waals surface area contributed by atoms with Crippen LogP contribution in [0, 0.1) is 0 Å². The number of aromatic nitrogens is 4. The highest BCUT2D eigenvalue weighted by Crippen LogP contribution is 2.50. The van der Waals surface area contributed by atoms with Crippen LogP contribution in [0.5, 0.6) is 0 Å². The van der Waals surface area contributed by atoms with Crippen molar-refractivity contribution in [3.63, 3.8) is 0 Å². The molecule has 5 heteroatoms. The SMILES string of the molecule is CC(C)(C)c1cc(N(c2ccccc2)c2ccccc2)c2c(c1)c1c3ccccc3cc3c4nc5c(nc4n2c31)c1cc(C(C)(C)C)cc2c3c4ccccc4ccc3n5c12. The second-order valence-corrected chi connectivity index (χ2v) is 19.1. The first-order valence-corrected chi connectivity index (χ1v) is 21.4. The Kier molecular flexibility index (Phi) is 6.66. The molecule has 0 aliphatic heterocycles. The Labute approximate surface area is 352 Å². The molecule has 0 radical (unpaired) electrons. The van der Waals surface area contributed by atoms with E-state index in [0.717, 1.165) is 61.2 Å². The van der Waals surface area contributed by atoms with E-state index in [1.54, 1.807) is 0 Å². The van der Waals surface area contributed by atoms with E-state index in [0.29, 0.717) is 0 Å². The third-order valence-corrected chi connectivity index (χ3v) is 13.4. The predicted octanol–water partition coefficient (Wildman–Crippen LogP) is 15.1. The summed E-state index contributed by atoms with van der Waals surface area (Å²) in [7, 11) is 0. The van der Waals surface area contributed by atoms with Crippen molar-refractivity contribution in [2.75, 3.05) is 4.90 Å². The van der Waals surface area contributed by atoms with Gasteiger partial charge in [-0.3, -0.25) is 8.80 Å². The summed E-state index contributed by atoms with van der Waals surface area (Å²) in [6.45, 7) is 13.9. The van der Waals surface area contributed by atoms with Gasteiger partial charge in [0.25, 0.3) is 0 Å². The summed E-state index contributed by atoms with van der Waals surface area (Å²) in [5.74, 6) is 0. The number of hydrogen-bond donors (Lipinski definition) is 0. The normalized spacial score (nSPS) is 13.1. The second-order valence-electron chi connectivity index (χ2n) is 19.1. The van der Waals surface area contributed by atoms with Crippen LogP contribution in [0.15, 0.2) is 152 Å². The maximum atomic E-state index is 5.87. The Morgan fingerprint density at radius 2 is 0.918 bits per heavy atom. The van der Waals surface area contributed by atoms with Crippen LogP contribution in [0.4, 0.5) is 17.1 Å². The third-order valence-electron chi connectivity index (χ3n) is 13.4. The molecule has 5 aromatic heterocycles. The van der Waals surface area contributed by atoms with Crippen LogP contribution in [0.2, 0.25) is 0 Å². The molecule has 292 valence electrons. The average Bonchev–Trinajstić information content (AvgIpc) is 3.98. The zero-order valence-electron chi connectivity index (χ0n) is 35.2. The van der Waals surface area contributed by atoms with Crippen LogP contribution in [-0.4, -0.2) is 18.8 Å². The zero-order valence-corrected chi connectivity index (χ0v) is 35.2. The van der Waals surface area contributed by atoms with Crippen LogP contribution in [0.1, 0.15) is 52.7 Å². The second kappa shape index (κ2) is 11.7. The van der Waals surface area contributed by atoms with E-state index < -0.39 is 0 Å². The molecule has 5 nitrogen and oxygen atoms in total. The van der Waals surface area contributed by atoms with Gasteiger partial charge in [-0.25, -0.2) is 9.97 Å². The van der Waals surface area contributed by atoms with Crippen molar-refractivity contribution >= 4 is 115 Å². The molecule has 13 aromatic rings. The smallest absolute Gasteiger partial charge is 0.165 e. The number of rotatable bonds is 3. The molecule has 0 N–H and O–H groups in total. The highest BCUT2D eigenvalue weighted by molar-refractivity contribution is 6.33. The van der Waals surface area contributed by atoms with Gasteiger partial charge in [-0.15, -0.1) is 0 Å². The van der Waals surface area contributed by atoms with Gasteiger partial charge in [-0.1, -0.05) is 133 Å². The van der Waals surface area contributed by atoms with Gasteiger partial charge < -0.3 is 4.90 Å². The first-order chi connectivity index (χ1) is 29.5. The predicted molar refractivity (Wildman–Crippen MR) is 258 cm³/mol. The van der Waals surface area contributed by atoms with E-state index in [1.807, 2.05) is 0 Å². The van der Waals surface area contributed by atoms with Crippen molar-refractivity contribution < 1.29 is 0 Å². The molecular formula is C56H43N5. The maximum absolute atomic E-state index is 5.87. The average molecular weight is 786 g/mol. The molecular weight excluding hydrogens is 743 g/mol. The van der Waals surface area contributed by atoms with E-state index in [4.69, 9.17) is 9.97 Å². The summed E-state index contributed by atoms with van der Waals surface area (Å²) in [4.78, 5) is 14.1. The summed E-state index contributed by atoms with van der Waals surface area (Å²) in [5.41, 5.74) is 14.0. The molecule has 0 aliphatic carbocycles. The van der Waals surface area contributed by atoms with Gasteiger partial charge in [0.1, 0.15) is 11.0 Å². The van der Waals surface area contributed by atoms with Crippen LogP contribution in [-0.2, 0) is 10.8 Å². The quantitative estimate of drug-likeness (QED) is 0.179. The Bertz CT molecular complexity index is 3900. The molecule has 0 saturated heterocycles. The monoisotopic (exact) mass is 785 g/mol. The molecule has 0 aliphatic rings. The number of nitrogens with zero attached hydrogens (tertiary/aromatic N) is 5. The van der Waals surface area contributed by atoms with Gasteiger partial charge >= 0.3 is 0 Å². The fourth-order valence-electron chi connectivity index (χ4n) is 10.4. The molecule has 0 bridgehead atoms. The van der Waals surface area contributed by atoms with Crippen LogP contribution in [0.25, 0.3) is 98.3 Å². The fraction of sp³-hybridized carbons (Fsp3) is 0.143. The molecule has 0 unspecified atom stereocenters. The standard InChI is InChI=1S/C56H43N5/c1-55(2,3)34-28-40-46-38-23-15-13-17-32(38)25-26-44(46)60-50(40)43(30-34)49-53(60)57-48-42-27-33-18-14-16-24-39(33)47-41-29-35(56(4,5)6)31-45(51(41)61(52(42)47)54(48)58-49)59(36-19-9-7-10-20-36)37-21-11-8-12-22-37/h7-31H,1-6H3. The van der Waals surface area contributed by atoms with E-state index >= 15 is 0 Å². The van der Waals surface area contributed by atoms with E-state index in [2.05, 4.69) is 207 Å². The van der Waals surface area contributed by atoms with Gasteiger partial charge in [0, 0.05) is 43.7 Å². The largest absolute Gasteiger partial charge is 0.308 e. The minimum absolute atomic E-state index is 0.0757. The number of hydrogen-bond acceptors (Lipinski definition) is 3. The van der Waals surface area contributed by atoms with Crippen LogP contribution < -0.4 is 4.90 Å². The molecule has 13 rings (SSSR count). The lowest BCUT2D eigenvalue weighted by atomic mass is 9.85. The summed E-state index contributed by atoms with van der Waals surface area (Å²) in [6, 6.07) is 55.8. The van der Waals surface area contributed by atoms with E-state index in [1.165, 1.54) is 65.3 Å². The van der Waals surface area contributed by atoms with Gasteiger partial charge in [0.05, 0.1) is 27.8 Å². The zero-order chi connectivity index (χ0) is 41.1. The maximum Gasteiger partial charge on any atom is 0.165 e. The highest BCUT2D eigenvalue weighted by Gasteiger charge is 2.31. The molecule has 5 heterocycles. The summed E-state index contributed by atoms with van der Waals surface area (Å²) in [6.07, 6.45) is 0. The lowest BCUT2D eigenvalue weighted by molar-refractivity contribution is 0.591. The molecule has 8 aromatic carbocycles. The number of benzene rings is 8. The number of para-hydroxylation sites is 2. The fourth-order valence-corrected chi connectivity index (χ4v) is 10.4. The topological polar surface area (TPSA) is 37.8 Å². The minimum Gasteiger partial charge on any atom is -0.308 e. The van der Waals surface area contributed by atoms with Gasteiger partial charge in [0.15, 0.2) is 11.3 Å². The van der Waals surface area contributed by atoms with Crippen molar-refractivity contribution in [2.24, 2.45) is 0 Å². The van der Waals surface area contributed by atoms with Crippen LogP contribution >= 0.6 is 0 Å². The van der Waals surface area contributed by atoms with Crippen molar-refractivity contribution in [2.45, 2.75) is 52.4 Å². The lowest BCUT2D eigenvalue weighted by Crippen LogP contribution is -2.15. The van der Waals surface area contributed by atoms with E-state index in [-0.39, 0.29) is 10.8 Å². The molecule has 61 heavy (non-hydrogen) atoms. The van der Waals surface area contributed by atoms with E-state index in [9.17, 15) is 0 Å². The van der Waals surface area contributed by atoms with Crippen molar-refractivity contribution in [3.8, 4) is 0 Å². The van der Waals surface area contributed by atoms with Crippen molar-refractivity contribution in [3.05, 3.63) is 163 Å². The third kappa shape index (κ3) is 4.61.